The number of rotatable bonds is 7. The van der Waals surface area contributed by atoms with Gasteiger partial charge in [-0.3, -0.25) is 4.79 Å². The molecule has 0 unspecified atom stereocenters. The van der Waals surface area contributed by atoms with Crippen LogP contribution in [0.15, 0.2) is 47.8 Å². The monoisotopic (exact) mass is 356 g/mol. The van der Waals surface area contributed by atoms with Crippen LogP contribution < -0.4 is 0 Å². The van der Waals surface area contributed by atoms with E-state index in [1.807, 2.05) is 48.6 Å². The standard InChI is InChI=1S/C19H20N2O3S/c1-20(2)9-10-24-19(23)16-12-18-15(8-11-25-18)21(16)13-17(22)14-6-4-3-5-7-14/h3-8,11-12H,9-10,13H2,1-2H3. The number of likely N-dealkylation sites (N-methyl/N-ethyl adjacent to an activating group) is 1. The first-order valence-electron chi connectivity index (χ1n) is 8.03. The van der Waals surface area contributed by atoms with Crippen molar-refractivity contribution >= 4 is 33.3 Å². The Hall–Kier alpha value is -2.44. The highest BCUT2D eigenvalue weighted by molar-refractivity contribution is 7.17. The highest BCUT2D eigenvalue weighted by atomic mass is 32.1. The highest BCUT2D eigenvalue weighted by Crippen LogP contribution is 2.26. The topological polar surface area (TPSA) is 51.5 Å². The predicted molar refractivity (Wildman–Crippen MR) is 99.4 cm³/mol. The summed E-state index contributed by atoms with van der Waals surface area (Å²) in [5.74, 6) is -0.433. The molecule has 3 rings (SSSR count). The summed E-state index contributed by atoms with van der Waals surface area (Å²) in [4.78, 5) is 27.0. The van der Waals surface area contributed by atoms with Crippen molar-refractivity contribution in [3.8, 4) is 0 Å². The van der Waals surface area contributed by atoms with Gasteiger partial charge in [-0.05, 0) is 31.6 Å². The summed E-state index contributed by atoms with van der Waals surface area (Å²) in [7, 11) is 3.84. The third-order valence-corrected chi connectivity index (χ3v) is 4.75. The van der Waals surface area contributed by atoms with Crippen LogP contribution in [0.5, 0.6) is 0 Å². The van der Waals surface area contributed by atoms with Gasteiger partial charge in [-0.2, -0.15) is 0 Å². The molecule has 25 heavy (non-hydrogen) atoms. The molecule has 3 aromatic rings. The van der Waals surface area contributed by atoms with Crippen LogP contribution in [0.2, 0.25) is 0 Å². The number of hydrogen-bond acceptors (Lipinski definition) is 5. The van der Waals surface area contributed by atoms with E-state index >= 15 is 0 Å². The summed E-state index contributed by atoms with van der Waals surface area (Å²) in [6.45, 7) is 1.09. The second kappa shape index (κ2) is 7.63. The number of hydrogen-bond donors (Lipinski definition) is 0. The van der Waals surface area contributed by atoms with Crippen LogP contribution >= 0.6 is 11.3 Å². The number of esters is 1. The maximum absolute atomic E-state index is 12.6. The van der Waals surface area contributed by atoms with E-state index in [1.54, 1.807) is 34.1 Å². The van der Waals surface area contributed by atoms with Gasteiger partial charge in [0.15, 0.2) is 5.78 Å². The fourth-order valence-electron chi connectivity index (χ4n) is 2.57. The molecule has 0 saturated heterocycles. The number of thiophene rings is 1. The van der Waals surface area contributed by atoms with Crippen LogP contribution in [0.1, 0.15) is 20.8 Å². The van der Waals surface area contributed by atoms with Crippen LogP contribution in [-0.2, 0) is 11.3 Å². The van der Waals surface area contributed by atoms with Gasteiger partial charge in [0.05, 0.1) is 16.8 Å². The third-order valence-electron chi connectivity index (χ3n) is 3.90. The molecule has 0 bridgehead atoms. The van der Waals surface area contributed by atoms with Crippen molar-refractivity contribution in [3.63, 3.8) is 0 Å². The Morgan fingerprint density at radius 3 is 2.64 bits per heavy atom. The fraction of sp³-hybridized carbons (Fsp3) is 0.263. The molecule has 0 aliphatic heterocycles. The lowest BCUT2D eigenvalue weighted by molar-refractivity contribution is 0.0470. The molecular formula is C19H20N2O3S. The summed E-state index contributed by atoms with van der Waals surface area (Å²) in [6, 6.07) is 12.8. The van der Waals surface area contributed by atoms with Gasteiger partial charge in [0, 0.05) is 12.1 Å². The first-order valence-corrected chi connectivity index (χ1v) is 8.91. The van der Waals surface area contributed by atoms with Crippen molar-refractivity contribution in [1.82, 2.24) is 9.47 Å². The quantitative estimate of drug-likeness (QED) is 0.481. The number of ketones is 1. The first-order chi connectivity index (χ1) is 12.1. The number of ether oxygens (including phenoxy) is 1. The molecule has 0 aliphatic carbocycles. The van der Waals surface area contributed by atoms with Gasteiger partial charge in [-0.15, -0.1) is 11.3 Å². The van der Waals surface area contributed by atoms with Crippen molar-refractivity contribution in [2.45, 2.75) is 6.54 Å². The van der Waals surface area contributed by atoms with Crippen molar-refractivity contribution in [2.75, 3.05) is 27.2 Å². The lowest BCUT2D eigenvalue weighted by Gasteiger charge is -2.12. The van der Waals surface area contributed by atoms with E-state index in [0.717, 1.165) is 10.2 Å². The Morgan fingerprint density at radius 1 is 1.16 bits per heavy atom. The average Bonchev–Trinajstić information content (AvgIpc) is 3.18. The number of fused-ring (bicyclic) bond motifs is 1. The molecule has 0 atom stereocenters. The van der Waals surface area contributed by atoms with E-state index in [1.165, 1.54) is 0 Å². The molecule has 2 heterocycles. The Kier molecular flexibility index (Phi) is 5.31. The van der Waals surface area contributed by atoms with Gasteiger partial charge in [0.25, 0.3) is 0 Å². The highest BCUT2D eigenvalue weighted by Gasteiger charge is 2.20. The molecule has 0 saturated carbocycles. The number of nitrogens with zero attached hydrogens (tertiary/aromatic N) is 2. The number of carbonyl (C=O) groups is 2. The number of benzene rings is 1. The summed E-state index contributed by atoms with van der Waals surface area (Å²) < 4.78 is 8.08. The van der Waals surface area contributed by atoms with Gasteiger partial charge < -0.3 is 14.2 Å². The molecule has 0 spiro atoms. The Balaban J connectivity index is 1.84. The third kappa shape index (κ3) is 3.97. The smallest absolute Gasteiger partial charge is 0.355 e. The Labute approximate surface area is 150 Å². The molecule has 130 valence electrons. The van der Waals surface area contributed by atoms with Crippen LogP contribution in [-0.4, -0.2) is 48.5 Å². The van der Waals surface area contributed by atoms with Crippen molar-refractivity contribution in [2.24, 2.45) is 0 Å². The summed E-state index contributed by atoms with van der Waals surface area (Å²) in [5.41, 5.74) is 1.94. The number of carbonyl (C=O) groups excluding carboxylic acids is 2. The van der Waals surface area contributed by atoms with Crippen molar-refractivity contribution < 1.29 is 14.3 Å². The Bertz CT molecular complexity index is 881. The molecule has 2 aromatic heterocycles. The normalized spacial score (nSPS) is 11.2. The van der Waals surface area contributed by atoms with E-state index < -0.39 is 5.97 Å². The van der Waals surface area contributed by atoms with Gasteiger partial charge in [-0.25, -0.2) is 4.79 Å². The SMILES string of the molecule is CN(C)CCOC(=O)c1cc2sccc2n1CC(=O)c1ccccc1. The predicted octanol–water partition coefficient (Wildman–Crippen LogP) is 3.30. The van der Waals surface area contributed by atoms with Gasteiger partial charge in [-0.1, -0.05) is 30.3 Å². The van der Waals surface area contributed by atoms with Crippen LogP contribution in [0.25, 0.3) is 10.2 Å². The molecule has 0 fully saturated rings. The maximum atomic E-state index is 12.6. The first kappa shape index (κ1) is 17.4. The van der Waals surface area contributed by atoms with Crippen molar-refractivity contribution in [1.29, 1.82) is 0 Å². The molecule has 0 amide bonds. The van der Waals surface area contributed by atoms with E-state index in [2.05, 4.69) is 0 Å². The molecule has 5 nitrogen and oxygen atoms in total. The zero-order valence-electron chi connectivity index (χ0n) is 14.3. The minimum Gasteiger partial charge on any atom is -0.460 e. The lowest BCUT2D eigenvalue weighted by Crippen LogP contribution is -2.22. The maximum Gasteiger partial charge on any atom is 0.355 e. The van der Waals surface area contributed by atoms with Crippen LogP contribution in [0.4, 0.5) is 0 Å². The zero-order valence-corrected chi connectivity index (χ0v) is 15.1. The molecule has 1 aromatic carbocycles. The average molecular weight is 356 g/mol. The second-order valence-corrected chi connectivity index (χ2v) is 6.96. The molecule has 0 radical (unpaired) electrons. The zero-order chi connectivity index (χ0) is 17.8. The van der Waals surface area contributed by atoms with Crippen LogP contribution in [0.3, 0.4) is 0 Å². The van der Waals surface area contributed by atoms with E-state index in [4.69, 9.17) is 4.74 Å². The number of aromatic nitrogens is 1. The molecule has 0 N–H and O–H groups in total. The van der Waals surface area contributed by atoms with Crippen LogP contribution in [0, 0.1) is 0 Å². The van der Waals surface area contributed by atoms with Gasteiger partial charge in [0.2, 0.25) is 0 Å². The minimum atomic E-state index is -0.397. The summed E-state index contributed by atoms with van der Waals surface area (Å²) >= 11 is 1.54. The van der Waals surface area contributed by atoms with Gasteiger partial charge >= 0.3 is 5.97 Å². The van der Waals surface area contributed by atoms with Crippen molar-refractivity contribution in [3.05, 3.63) is 59.1 Å². The fourth-order valence-corrected chi connectivity index (χ4v) is 3.39. The summed E-state index contributed by atoms with van der Waals surface area (Å²) in [6.07, 6.45) is 0. The Morgan fingerprint density at radius 2 is 1.92 bits per heavy atom. The van der Waals surface area contributed by atoms with E-state index in [9.17, 15) is 9.59 Å². The molecular weight excluding hydrogens is 336 g/mol. The van der Waals surface area contributed by atoms with E-state index in [0.29, 0.717) is 24.4 Å². The lowest BCUT2D eigenvalue weighted by atomic mass is 10.1. The molecule has 0 aliphatic rings. The van der Waals surface area contributed by atoms with Gasteiger partial charge in [0.1, 0.15) is 12.3 Å². The second-order valence-electron chi connectivity index (χ2n) is 6.01. The largest absolute Gasteiger partial charge is 0.460 e. The minimum absolute atomic E-state index is 0.0355. The molecule has 6 heteroatoms. The summed E-state index contributed by atoms with van der Waals surface area (Å²) in [5, 5.41) is 1.95. The van der Waals surface area contributed by atoms with E-state index in [-0.39, 0.29) is 12.3 Å². The number of Topliss-reactive ketones (excluding diaryl/α,β-unsaturated/α-hetero) is 1.